The van der Waals surface area contributed by atoms with Gasteiger partial charge in [-0.3, -0.25) is 4.68 Å². The van der Waals surface area contributed by atoms with Crippen molar-refractivity contribution in [3.05, 3.63) is 53.9 Å². The van der Waals surface area contributed by atoms with Gasteiger partial charge in [0.25, 0.3) is 0 Å². The van der Waals surface area contributed by atoms with Crippen LogP contribution in [0.1, 0.15) is 24.5 Å². The van der Waals surface area contributed by atoms with Crippen molar-refractivity contribution in [1.82, 2.24) is 20.0 Å². The lowest BCUT2D eigenvalue weighted by Gasteiger charge is -2.34. The summed E-state index contributed by atoms with van der Waals surface area (Å²) in [7, 11) is 0. The Hall–Kier alpha value is -2.34. The highest BCUT2D eigenvalue weighted by Gasteiger charge is 2.27. The van der Waals surface area contributed by atoms with E-state index in [2.05, 4.69) is 16.5 Å². The van der Waals surface area contributed by atoms with E-state index in [0.29, 0.717) is 26.2 Å². The molecule has 1 aromatic heterocycles. The van der Waals surface area contributed by atoms with Crippen LogP contribution in [-0.2, 0) is 13.1 Å². The second-order valence-corrected chi connectivity index (χ2v) is 6.41. The van der Waals surface area contributed by atoms with E-state index in [4.69, 9.17) is 0 Å². The van der Waals surface area contributed by atoms with E-state index in [1.807, 2.05) is 42.1 Å². The fourth-order valence-electron chi connectivity index (χ4n) is 2.97. The predicted octanol–water partition coefficient (Wildman–Crippen LogP) is 1.84. The summed E-state index contributed by atoms with van der Waals surface area (Å²) in [5.74, 6) is 0.254. The first-order valence-electron chi connectivity index (χ1n) is 8.38. The third-order valence-corrected chi connectivity index (χ3v) is 4.65. The van der Waals surface area contributed by atoms with E-state index in [1.54, 1.807) is 11.1 Å². The molecule has 2 aromatic rings. The number of nitrogens with one attached hydrogen (secondary N) is 1. The van der Waals surface area contributed by atoms with Crippen molar-refractivity contribution in [3.8, 4) is 0 Å². The molecule has 0 aliphatic carbocycles. The first-order chi connectivity index (χ1) is 11.6. The molecule has 6 heteroatoms. The number of aliphatic hydroxyl groups is 1. The zero-order chi connectivity index (χ0) is 16.9. The van der Waals surface area contributed by atoms with Crippen LogP contribution in [0.2, 0.25) is 0 Å². The Balaban J connectivity index is 1.59. The van der Waals surface area contributed by atoms with E-state index in [9.17, 15) is 9.90 Å². The fraction of sp³-hybridized carbons (Fsp3) is 0.444. The largest absolute Gasteiger partial charge is 0.391 e. The number of urea groups is 1. The number of likely N-dealkylation sites (tertiary alicyclic amines) is 1. The van der Waals surface area contributed by atoms with E-state index in [0.717, 1.165) is 17.5 Å². The van der Waals surface area contributed by atoms with Crippen molar-refractivity contribution in [2.24, 2.45) is 5.92 Å². The average Bonchev–Trinajstić information content (AvgIpc) is 3.09. The third-order valence-electron chi connectivity index (χ3n) is 4.65. The summed E-state index contributed by atoms with van der Waals surface area (Å²) in [5, 5.41) is 17.1. The minimum Gasteiger partial charge on any atom is -0.391 e. The number of aliphatic hydroxyl groups excluding tert-OH is 1. The van der Waals surface area contributed by atoms with Crippen LogP contribution in [0.15, 0.2) is 42.7 Å². The molecule has 1 fully saturated rings. The number of β-amino-alcohol motifs (C(OH)–C–C–N with tert-alkyl or cyclic N) is 1. The monoisotopic (exact) mass is 328 g/mol. The van der Waals surface area contributed by atoms with Crippen LogP contribution in [0.4, 0.5) is 4.79 Å². The molecule has 2 unspecified atom stereocenters. The highest BCUT2D eigenvalue weighted by Crippen LogP contribution is 2.17. The van der Waals surface area contributed by atoms with Crippen molar-refractivity contribution in [2.45, 2.75) is 32.5 Å². The molecule has 1 aliphatic heterocycles. The zero-order valence-electron chi connectivity index (χ0n) is 13.9. The van der Waals surface area contributed by atoms with Gasteiger partial charge in [-0.1, -0.05) is 31.2 Å². The van der Waals surface area contributed by atoms with E-state index < -0.39 is 6.10 Å². The van der Waals surface area contributed by atoms with Crippen molar-refractivity contribution < 1.29 is 9.90 Å². The van der Waals surface area contributed by atoms with Crippen molar-refractivity contribution in [2.75, 3.05) is 13.1 Å². The van der Waals surface area contributed by atoms with Crippen LogP contribution in [0, 0.1) is 5.92 Å². The van der Waals surface area contributed by atoms with Gasteiger partial charge in [0.1, 0.15) is 0 Å². The SMILES string of the molecule is CC1CCN(C(=O)NCc2ccccc2Cn2cccn2)CC1O. The lowest BCUT2D eigenvalue weighted by atomic mass is 9.96. The second-order valence-electron chi connectivity index (χ2n) is 6.41. The maximum Gasteiger partial charge on any atom is 0.317 e. The Labute approximate surface area is 142 Å². The topological polar surface area (TPSA) is 70.4 Å². The molecule has 0 saturated carbocycles. The number of carbonyl (C=O) groups excluding carboxylic acids is 1. The Kier molecular flexibility index (Phi) is 5.15. The van der Waals surface area contributed by atoms with Crippen molar-refractivity contribution in [1.29, 1.82) is 0 Å². The number of hydrogen-bond acceptors (Lipinski definition) is 3. The van der Waals surface area contributed by atoms with Gasteiger partial charge < -0.3 is 15.3 Å². The number of amides is 2. The molecule has 24 heavy (non-hydrogen) atoms. The summed E-state index contributed by atoms with van der Waals surface area (Å²) in [5.41, 5.74) is 2.21. The smallest absolute Gasteiger partial charge is 0.317 e. The normalized spacial score (nSPS) is 20.8. The number of aromatic nitrogens is 2. The summed E-state index contributed by atoms with van der Waals surface area (Å²) < 4.78 is 1.86. The van der Waals surface area contributed by atoms with Gasteiger partial charge in [-0.2, -0.15) is 5.10 Å². The average molecular weight is 328 g/mol. The summed E-state index contributed by atoms with van der Waals surface area (Å²) in [6, 6.07) is 9.82. The first kappa shape index (κ1) is 16.5. The quantitative estimate of drug-likeness (QED) is 0.900. The summed E-state index contributed by atoms with van der Waals surface area (Å²) in [6.07, 6.45) is 4.08. The molecule has 0 bridgehead atoms. The van der Waals surface area contributed by atoms with Crippen molar-refractivity contribution in [3.63, 3.8) is 0 Å². The molecule has 1 aromatic carbocycles. The van der Waals surface area contributed by atoms with E-state index in [-0.39, 0.29) is 11.9 Å². The van der Waals surface area contributed by atoms with Crippen LogP contribution in [0.3, 0.4) is 0 Å². The Bertz CT molecular complexity index is 671. The summed E-state index contributed by atoms with van der Waals surface area (Å²) in [6.45, 7) is 4.27. The first-order valence-corrected chi connectivity index (χ1v) is 8.38. The fourth-order valence-corrected chi connectivity index (χ4v) is 2.97. The van der Waals surface area contributed by atoms with Gasteiger partial charge in [-0.15, -0.1) is 0 Å². The van der Waals surface area contributed by atoms with Crippen LogP contribution in [-0.4, -0.2) is 45.0 Å². The number of hydrogen-bond donors (Lipinski definition) is 2. The maximum atomic E-state index is 12.3. The van der Waals surface area contributed by atoms with Crippen LogP contribution in [0.5, 0.6) is 0 Å². The number of rotatable bonds is 4. The molecule has 3 rings (SSSR count). The van der Waals surface area contributed by atoms with Gasteiger partial charge in [-0.05, 0) is 29.5 Å². The summed E-state index contributed by atoms with van der Waals surface area (Å²) >= 11 is 0. The predicted molar refractivity (Wildman–Crippen MR) is 91.4 cm³/mol. The Morgan fingerprint density at radius 3 is 2.83 bits per heavy atom. The molecule has 2 atom stereocenters. The molecular formula is C18H24N4O2. The van der Waals surface area contributed by atoms with Crippen molar-refractivity contribution >= 4 is 6.03 Å². The molecule has 2 amide bonds. The van der Waals surface area contributed by atoms with Gasteiger partial charge in [0.15, 0.2) is 0 Å². The number of piperidine rings is 1. The molecule has 128 valence electrons. The Morgan fingerprint density at radius 2 is 2.12 bits per heavy atom. The molecule has 1 aliphatic rings. The number of nitrogens with zero attached hydrogens (tertiary/aromatic N) is 3. The molecule has 0 radical (unpaired) electrons. The lowest BCUT2D eigenvalue weighted by Crippen LogP contribution is -2.49. The van der Waals surface area contributed by atoms with Crippen LogP contribution >= 0.6 is 0 Å². The second kappa shape index (κ2) is 7.49. The minimum atomic E-state index is -0.434. The number of benzene rings is 1. The molecule has 6 nitrogen and oxygen atoms in total. The van der Waals surface area contributed by atoms with Gasteiger partial charge in [-0.25, -0.2) is 4.79 Å². The highest BCUT2D eigenvalue weighted by atomic mass is 16.3. The zero-order valence-corrected chi connectivity index (χ0v) is 13.9. The molecule has 1 saturated heterocycles. The van der Waals surface area contributed by atoms with E-state index >= 15 is 0 Å². The molecule has 2 heterocycles. The maximum absolute atomic E-state index is 12.3. The molecule has 0 spiro atoms. The van der Waals surface area contributed by atoms with Gasteiger partial charge in [0.2, 0.25) is 0 Å². The van der Waals surface area contributed by atoms with Gasteiger partial charge in [0.05, 0.1) is 12.6 Å². The van der Waals surface area contributed by atoms with Gasteiger partial charge in [0, 0.05) is 32.0 Å². The lowest BCUT2D eigenvalue weighted by molar-refractivity contribution is 0.0435. The highest BCUT2D eigenvalue weighted by molar-refractivity contribution is 5.74. The molecular weight excluding hydrogens is 304 g/mol. The van der Waals surface area contributed by atoms with Crippen LogP contribution < -0.4 is 5.32 Å². The van der Waals surface area contributed by atoms with E-state index in [1.165, 1.54) is 0 Å². The minimum absolute atomic E-state index is 0.116. The van der Waals surface area contributed by atoms with Gasteiger partial charge >= 0.3 is 6.03 Å². The third kappa shape index (κ3) is 3.94. The standard InChI is InChI=1S/C18H24N4O2/c1-14-7-10-21(13-17(14)23)18(24)19-11-15-5-2-3-6-16(15)12-22-9-4-8-20-22/h2-6,8-9,14,17,23H,7,10-13H2,1H3,(H,19,24). The Morgan fingerprint density at radius 1 is 1.33 bits per heavy atom. The summed E-state index contributed by atoms with van der Waals surface area (Å²) in [4.78, 5) is 14.0. The molecule has 2 N–H and O–H groups in total. The number of carbonyl (C=O) groups is 1. The van der Waals surface area contributed by atoms with Crippen LogP contribution in [0.25, 0.3) is 0 Å².